The molecule has 1 saturated heterocycles. The average molecular weight is 404 g/mol. The van der Waals surface area contributed by atoms with Gasteiger partial charge in [0.2, 0.25) is 0 Å². The minimum absolute atomic E-state index is 0.0258. The van der Waals surface area contributed by atoms with E-state index in [1.54, 1.807) is 19.9 Å². The van der Waals surface area contributed by atoms with Crippen LogP contribution in [0.15, 0.2) is 22.3 Å². The highest BCUT2D eigenvalue weighted by Crippen LogP contribution is 2.49. The van der Waals surface area contributed by atoms with Gasteiger partial charge in [-0.3, -0.25) is 9.59 Å². The van der Waals surface area contributed by atoms with Crippen LogP contribution in [0.25, 0.3) is 0 Å². The summed E-state index contributed by atoms with van der Waals surface area (Å²) in [6.07, 6.45) is 2.97. The van der Waals surface area contributed by atoms with Crippen molar-refractivity contribution < 1.29 is 27.9 Å². The molecule has 2 heterocycles. The number of hydrogen-bond acceptors (Lipinski definition) is 6. The molecule has 0 aromatic heterocycles. The molecule has 1 aromatic rings. The zero-order chi connectivity index (χ0) is 20.3. The molecule has 7 heteroatoms. The smallest absolute Gasteiger partial charge is 0.200 e. The largest absolute Gasteiger partial charge is 0.511 e. The molecular formula is C21H24O6S. The number of allylic oxidation sites excluding steroid dienone is 2. The molecule has 150 valence electrons. The highest BCUT2D eigenvalue weighted by molar-refractivity contribution is 7.91. The zero-order valence-electron chi connectivity index (χ0n) is 16.1. The number of aryl methyl sites for hydroxylation is 1. The fourth-order valence-electron chi connectivity index (χ4n) is 4.92. The van der Waals surface area contributed by atoms with Crippen molar-refractivity contribution in [1.82, 2.24) is 0 Å². The van der Waals surface area contributed by atoms with Crippen LogP contribution in [0, 0.1) is 13.8 Å². The fourth-order valence-corrected chi connectivity index (χ4v) is 6.92. The van der Waals surface area contributed by atoms with E-state index >= 15 is 0 Å². The molecule has 6 nitrogen and oxygen atoms in total. The van der Waals surface area contributed by atoms with Gasteiger partial charge < -0.3 is 9.84 Å². The number of aliphatic hydroxyl groups excluding tert-OH is 1. The first-order valence-electron chi connectivity index (χ1n) is 9.69. The Bertz CT molecular complexity index is 1030. The Balaban J connectivity index is 1.97. The van der Waals surface area contributed by atoms with Gasteiger partial charge in [-0.1, -0.05) is 0 Å². The molecule has 0 radical (unpaired) electrons. The number of Topliss-reactive ketones (excluding diaryl/α,β-unsaturated/α-hetero) is 2. The molecule has 1 fully saturated rings. The van der Waals surface area contributed by atoms with Crippen molar-refractivity contribution in [2.24, 2.45) is 0 Å². The summed E-state index contributed by atoms with van der Waals surface area (Å²) >= 11 is 0. The number of fused-ring (bicyclic) bond motifs is 2. The number of carbonyl (C=O) groups is 2. The maximum atomic E-state index is 13.2. The summed E-state index contributed by atoms with van der Waals surface area (Å²) in [6.45, 7) is 3.96. The topological polar surface area (TPSA) is 97.7 Å². The summed E-state index contributed by atoms with van der Waals surface area (Å²) in [5, 5.41) is 10.2. The molecule has 28 heavy (non-hydrogen) atoms. The van der Waals surface area contributed by atoms with Crippen molar-refractivity contribution >= 4 is 21.4 Å². The molecule has 2 aliphatic heterocycles. The van der Waals surface area contributed by atoms with Gasteiger partial charge in [-0.15, -0.1) is 0 Å². The summed E-state index contributed by atoms with van der Waals surface area (Å²) in [6, 6.07) is 1.55. The maximum Gasteiger partial charge on any atom is 0.200 e. The monoisotopic (exact) mass is 404 g/mol. The molecule has 0 bridgehead atoms. The van der Waals surface area contributed by atoms with Crippen molar-refractivity contribution in [3.8, 4) is 0 Å². The van der Waals surface area contributed by atoms with Crippen LogP contribution >= 0.6 is 0 Å². The maximum absolute atomic E-state index is 13.2. The Morgan fingerprint density at radius 3 is 2.57 bits per heavy atom. The first-order chi connectivity index (χ1) is 13.2. The van der Waals surface area contributed by atoms with E-state index in [1.165, 1.54) is 0 Å². The molecule has 1 spiro atoms. The minimum Gasteiger partial charge on any atom is -0.511 e. The van der Waals surface area contributed by atoms with E-state index in [2.05, 4.69) is 0 Å². The molecular weight excluding hydrogens is 380 g/mol. The lowest BCUT2D eigenvalue weighted by Gasteiger charge is -2.37. The van der Waals surface area contributed by atoms with E-state index in [0.717, 1.165) is 6.42 Å². The summed E-state index contributed by atoms with van der Waals surface area (Å²) in [4.78, 5) is 25.8. The number of ketones is 2. The van der Waals surface area contributed by atoms with Gasteiger partial charge in [0, 0.05) is 30.6 Å². The van der Waals surface area contributed by atoms with Crippen molar-refractivity contribution in [2.45, 2.75) is 62.9 Å². The van der Waals surface area contributed by atoms with Gasteiger partial charge in [0.25, 0.3) is 0 Å². The first-order valence-corrected chi connectivity index (χ1v) is 11.3. The lowest BCUT2D eigenvalue weighted by molar-refractivity contribution is -0.116. The first kappa shape index (κ1) is 19.3. The van der Waals surface area contributed by atoms with E-state index in [1.807, 2.05) is 0 Å². The molecule has 4 rings (SSSR count). The zero-order valence-corrected chi connectivity index (χ0v) is 16.9. The van der Waals surface area contributed by atoms with Crippen LogP contribution in [0.5, 0.6) is 0 Å². The number of hydrogen-bond donors (Lipinski definition) is 1. The summed E-state index contributed by atoms with van der Waals surface area (Å²) in [5.41, 5.74) is 1.02. The van der Waals surface area contributed by atoms with Crippen molar-refractivity contribution in [1.29, 1.82) is 0 Å². The highest BCUT2D eigenvalue weighted by atomic mass is 32.2. The van der Waals surface area contributed by atoms with Gasteiger partial charge in [0.1, 0.15) is 11.3 Å². The molecule has 1 aromatic carbocycles. The number of aliphatic hydroxyl groups is 1. The molecule has 1 aliphatic carbocycles. The second kappa shape index (κ2) is 6.52. The number of sulfone groups is 1. The van der Waals surface area contributed by atoms with Crippen LogP contribution in [-0.2, 0) is 25.0 Å². The third-order valence-corrected chi connectivity index (χ3v) is 8.12. The number of carbonyl (C=O) groups excluding carboxylic acids is 2. The fraction of sp³-hybridized carbons (Fsp3) is 0.524. The number of rotatable bonds is 2. The molecule has 1 N–H and O–H groups in total. The van der Waals surface area contributed by atoms with E-state index in [9.17, 15) is 23.1 Å². The van der Waals surface area contributed by atoms with Gasteiger partial charge in [-0.05, 0) is 56.7 Å². The van der Waals surface area contributed by atoms with E-state index in [-0.39, 0.29) is 39.7 Å². The Morgan fingerprint density at radius 1 is 1.18 bits per heavy atom. The van der Waals surface area contributed by atoms with Crippen LogP contribution in [0.4, 0.5) is 0 Å². The Hall–Kier alpha value is -1.99. The standard InChI is InChI=1S/C21H24O6S/c1-12-11-14(19(24)17-15(22)5-3-6-16(17)23)13(2)18-20(12)28(25,26)10-8-21(18)7-4-9-27-21/h11,22H,3-10H2,1-2H3. The quantitative estimate of drug-likeness (QED) is 0.600. The van der Waals surface area contributed by atoms with Crippen LogP contribution in [0.3, 0.4) is 0 Å². The van der Waals surface area contributed by atoms with Gasteiger partial charge in [-0.25, -0.2) is 8.42 Å². The second-order valence-electron chi connectivity index (χ2n) is 8.01. The van der Waals surface area contributed by atoms with E-state index in [4.69, 9.17) is 4.74 Å². The van der Waals surface area contributed by atoms with Crippen molar-refractivity contribution in [3.05, 3.63) is 39.7 Å². The van der Waals surface area contributed by atoms with Crippen LogP contribution in [0.2, 0.25) is 0 Å². The minimum atomic E-state index is -3.47. The molecule has 0 amide bonds. The number of benzene rings is 1. The van der Waals surface area contributed by atoms with Crippen molar-refractivity contribution in [3.63, 3.8) is 0 Å². The Labute approximate surface area is 164 Å². The van der Waals surface area contributed by atoms with Gasteiger partial charge >= 0.3 is 0 Å². The highest BCUT2D eigenvalue weighted by Gasteiger charge is 2.47. The average Bonchev–Trinajstić information content (AvgIpc) is 3.09. The Morgan fingerprint density at radius 2 is 1.93 bits per heavy atom. The van der Waals surface area contributed by atoms with Crippen LogP contribution < -0.4 is 0 Å². The molecule has 1 atom stereocenters. The third kappa shape index (κ3) is 2.75. The summed E-state index contributed by atoms with van der Waals surface area (Å²) in [7, 11) is -3.47. The van der Waals surface area contributed by atoms with E-state index < -0.39 is 21.2 Å². The summed E-state index contributed by atoms with van der Waals surface area (Å²) < 4.78 is 31.7. The molecule has 1 unspecified atom stereocenters. The van der Waals surface area contributed by atoms with Crippen molar-refractivity contribution in [2.75, 3.05) is 12.4 Å². The third-order valence-electron chi connectivity index (χ3n) is 6.23. The second-order valence-corrected chi connectivity index (χ2v) is 10.1. The van der Waals surface area contributed by atoms with Gasteiger partial charge in [-0.2, -0.15) is 0 Å². The van der Waals surface area contributed by atoms with Crippen LogP contribution in [-0.4, -0.2) is 37.5 Å². The van der Waals surface area contributed by atoms with Gasteiger partial charge in [0.05, 0.1) is 16.2 Å². The van der Waals surface area contributed by atoms with Gasteiger partial charge in [0.15, 0.2) is 21.4 Å². The summed E-state index contributed by atoms with van der Waals surface area (Å²) in [5.74, 6) is -1.03. The number of ether oxygens (including phenoxy) is 1. The molecule has 3 aliphatic rings. The lowest BCUT2D eigenvalue weighted by Crippen LogP contribution is -2.37. The Kier molecular flexibility index (Phi) is 4.50. The van der Waals surface area contributed by atoms with Crippen LogP contribution in [0.1, 0.15) is 65.6 Å². The van der Waals surface area contributed by atoms with E-state index in [0.29, 0.717) is 49.0 Å². The normalized spacial score (nSPS) is 26.6. The lowest BCUT2D eigenvalue weighted by atomic mass is 9.80. The predicted molar refractivity (Wildman–Crippen MR) is 102 cm³/mol. The predicted octanol–water partition coefficient (Wildman–Crippen LogP) is 3.23. The SMILES string of the molecule is Cc1cc(C(=O)C2=C(O)CCCC2=O)c(C)c2c1S(=O)(=O)CCC21CCCO1. The molecule has 0 saturated carbocycles.